The molecule has 0 saturated heterocycles. The molecule has 0 N–H and O–H groups in total. The van der Waals surface area contributed by atoms with Crippen LogP contribution in [0.1, 0.15) is 13.3 Å². The van der Waals surface area contributed by atoms with Gasteiger partial charge in [-0.1, -0.05) is 61.5 Å². The van der Waals surface area contributed by atoms with Gasteiger partial charge in [0.2, 0.25) is 0 Å². The summed E-state index contributed by atoms with van der Waals surface area (Å²) in [5, 5.41) is 2.70. The molecule has 22 heavy (non-hydrogen) atoms. The Bertz CT molecular complexity index is 932. The first-order valence-electron chi connectivity index (χ1n) is 7.95. The predicted molar refractivity (Wildman–Crippen MR) is 95.2 cm³/mol. The Kier molecular flexibility index (Phi) is 3.19. The lowest BCUT2D eigenvalue weighted by Gasteiger charge is -2.06. The fourth-order valence-corrected chi connectivity index (χ4v) is 3.33. The van der Waals surface area contributed by atoms with Crippen LogP contribution in [0.2, 0.25) is 0 Å². The first-order valence-corrected chi connectivity index (χ1v) is 7.95. The minimum Gasteiger partial charge on any atom is -0.340 e. The van der Waals surface area contributed by atoms with Crippen molar-refractivity contribution in [1.29, 1.82) is 0 Å². The van der Waals surface area contributed by atoms with Crippen molar-refractivity contribution in [3.63, 3.8) is 0 Å². The molecule has 4 aromatic rings. The Hall–Kier alpha value is -2.54. The maximum Gasteiger partial charge on any atom is 0.0491 e. The van der Waals surface area contributed by atoms with E-state index in [-0.39, 0.29) is 0 Å². The van der Waals surface area contributed by atoms with Crippen molar-refractivity contribution in [1.82, 2.24) is 4.57 Å². The fourth-order valence-electron chi connectivity index (χ4n) is 3.33. The van der Waals surface area contributed by atoms with Crippen LogP contribution in [0, 0.1) is 0 Å². The van der Waals surface area contributed by atoms with Gasteiger partial charge in [0.15, 0.2) is 0 Å². The van der Waals surface area contributed by atoms with Crippen LogP contribution >= 0.6 is 0 Å². The highest BCUT2D eigenvalue weighted by Gasteiger charge is 2.10. The third-order valence-corrected chi connectivity index (χ3v) is 4.33. The lowest BCUT2D eigenvalue weighted by Crippen LogP contribution is -1.95. The van der Waals surface area contributed by atoms with E-state index in [0.717, 1.165) is 13.0 Å². The Morgan fingerprint density at radius 1 is 0.682 bits per heavy atom. The second-order valence-corrected chi connectivity index (χ2v) is 5.77. The minimum absolute atomic E-state index is 1.06. The van der Waals surface area contributed by atoms with Crippen LogP contribution in [0.15, 0.2) is 72.8 Å². The number of hydrogen-bond acceptors (Lipinski definition) is 0. The third-order valence-electron chi connectivity index (χ3n) is 4.33. The number of rotatable bonds is 3. The van der Waals surface area contributed by atoms with Crippen molar-refractivity contribution in [3.8, 4) is 11.1 Å². The van der Waals surface area contributed by atoms with Gasteiger partial charge >= 0.3 is 0 Å². The largest absolute Gasteiger partial charge is 0.340 e. The summed E-state index contributed by atoms with van der Waals surface area (Å²) in [4.78, 5) is 0. The molecule has 0 amide bonds. The standard InChI is InChI=1S/C21H19N/c1-2-14-22-20-11-7-6-10-18(20)19-15-17(12-13-21(19)22)16-8-4-3-5-9-16/h3-13,15H,2,14H2,1H3. The van der Waals surface area contributed by atoms with E-state index in [0.29, 0.717) is 0 Å². The first kappa shape index (κ1) is 13.1. The maximum absolute atomic E-state index is 2.44. The number of fused-ring (bicyclic) bond motifs is 3. The van der Waals surface area contributed by atoms with Crippen LogP contribution in [-0.2, 0) is 6.54 Å². The molecule has 0 atom stereocenters. The predicted octanol–water partition coefficient (Wildman–Crippen LogP) is 5.87. The second kappa shape index (κ2) is 5.34. The van der Waals surface area contributed by atoms with Crippen molar-refractivity contribution >= 4 is 21.8 Å². The Morgan fingerprint density at radius 3 is 2.23 bits per heavy atom. The van der Waals surface area contributed by atoms with Crippen molar-refractivity contribution in [2.24, 2.45) is 0 Å². The van der Waals surface area contributed by atoms with Crippen molar-refractivity contribution in [2.75, 3.05) is 0 Å². The van der Waals surface area contributed by atoms with Crippen molar-refractivity contribution in [2.45, 2.75) is 19.9 Å². The molecule has 0 saturated carbocycles. The van der Waals surface area contributed by atoms with Crippen molar-refractivity contribution in [3.05, 3.63) is 72.8 Å². The number of benzene rings is 3. The molecular weight excluding hydrogens is 266 g/mol. The summed E-state index contributed by atoms with van der Waals surface area (Å²) in [7, 11) is 0. The van der Waals surface area contributed by atoms with Crippen LogP contribution < -0.4 is 0 Å². The summed E-state index contributed by atoms with van der Waals surface area (Å²) >= 11 is 0. The lowest BCUT2D eigenvalue weighted by atomic mass is 10.0. The van der Waals surface area contributed by atoms with Gasteiger partial charge in [-0.05, 0) is 35.7 Å². The minimum atomic E-state index is 1.06. The van der Waals surface area contributed by atoms with Crippen LogP contribution in [0.4, 0.5) is 0 Å². The van der Waals surface area contributed by atoms with Gasteiger partial charge in [-0.25, -0.2) is 0 Å². The quantitative estimate of drug-likeness (QED) is 0.443. The van der Waals surface area contributed by atoms with Gasteiger partial charge in [0.25, 0.3) is 0 Å². The molecular formula is C21H19N. The van der Waals surface area contributed by atoms with Gasteiger partial charge in [0.1, 0.15) is 0 Å². The molecule has 1 heteroatoms. The van der Waals surface area contributed by atoms with Gasteiger partial charge in [-0.15, -0.1) is 0 Å². The van der Waals surface area contributed by atoms with E-state index in [4.69, 9.17) is 0 Å². The zero-order valence-electron chi connectivity index (χ0n) is 12.8. The third kappa shape index (κ3) is 2.01. The summed E-state index contributed by atoms with van der Waals surface area (Å²) in [5.41, 5.74) is 5.23. The van der Waals surface area contributed by atoms with E-state index < -0.39 is 0 Å². The summed E-state index contributed by atoms with van der Waals surface area (Å²) < 4.78 is 2.44. The van der Waals surface area contributed by atoms with Gasteiger partial charge in [0.05, 0.1) is 0 Å². The smallest absolute Gasteiger partial charge is 0.0491 e. The van der Waals surface area contributed by atoms with Crippen molar-refractivity contribution < 1.29 is 0 Å². The molecule has 1 nitrogen and oxygen atoms in total. The summed E-state index contributed by atoms with van der Waals surface area (Å²) in [5.74, 6) is 0. The van der Waals surface area contributed by atoms with Gasteiger partial charge in [-0.3, -0.25) is 0 Å². The molecule has 0 aliphatic rings. The van der Waals surface area contributed by atoms with Crippen LogP contribution in [-0.4, -0.2) is 4.57 Å². The zero-order valence-corrected chi connectivity index (χ0v) is 12.8. The highest BCUT2D eigenvalue weighted by Crippen LogP contribution is 2.32. The monoisotopic (exact) mass is 285 g/mol. The Balaban J connectivity index is 2.02. The lowest BCUT2D eigenvalue weighted by molar-refractivity contribution is 0.724. The Labute approximate surface area is 130 Å². The van der Waals surface area contributed by atoms with Crippen LogP contribution in [0.5, 0.6) is 0 Å². The molecule has 1 aromatic heterocycles. The normalized spacial score (nSPS) is 11.3. The number of para-hydroxylation sites is 1. The highest BCUT2D eigenvalue weighted by atomic mass is 15.0. The molecule has 0 aliphatic heterocycles. The molecule has 3 aromatic carbocycles. The number of aryl methyl sites for hydroxylation is 1. The summed E-state index contributed by atoms with van der Waals surface area (Å²) in [6.07, 6.45) is 1.15. The SMILES string of the molecule is CCCn1c2ccccc2c2cc(-c3ccccc3)ccc21. The number of nitrogens with zero attached hydrogens (tertiary/aromatic N) is 1. The van der Waals surface area contributed by atoms with E-state index in [2.05, 4.69) is 84.3 Å². The average molecular weight is 285 g/mol. The average Bonchev–Trinajstić information content (AvgIpc) is 2.90. The van der Waals surface area contributed by atoms with Gasteiger partial charge in [-0.2, -0.15) is 0 Å². The van der Waals surface area contributed by atoms with E-state index in [1.54, 1.807) is 0 Å². The van der Waals surface area contributed by atoms with Gasteiger partial charge in [0, 0.05) is 28.4 Å². The first-order chi connectivity index (χ1) is 10.9. The molecule has 1 heterocycles. The molecule has 0 unspecified atom stereocenters. The van der Waals surface area contributed by atoms with Gasteiger partial charge < -0.3 is 4.57 Å². The molecule has 0 fully saturated rings. The van der Waals surface area contributed by atoms with Crippen LogP contribution in [0.3, 0.4) is 0 Å². The van der Waals surface area contributed by atoms with E-state index in [1.165, 1.54) is 32.9 Å². The molecule has 0 aliphatic carbocycles. The summed E-state index contributed by atoms with van der Waals surface area (Å²) in [6.45, 7) is 3.30. The van der Waals surface area contributed by atoms with E-state index >= 15 is 0 Å². The van der Waals surface area contributed by atoms with E-state index in [9.17, 15) is 0 Å². The molecule has 4 rings (SSSR count). The number of hydrogen-bond donors (Lipinski definition) is 0. The topological polar surface area (TPSA) is 4.93 Å². The summed E-state index contributed by atoms with van der Waals surface area (Å²) in [6, 6.07) is 26.2. The van der Waals surface area contributed by atoms with Crippen LogP contribution in [0.25, 0.3) is 32.9 Å². The number of aromatic nitrogens is 1. The second-order valence-electron chi connectivity index (χ2n) is 5.77. The Morgan fingerprint density at radius 2 is 1.41 bits per heavy atom. The highest BCUT2D eigenvalue weighted by molar-refractivity contribution is 6.09. The zero-order chi connectivity index (χ0) is 14.9. The molecule has 0 bridgehead atoms. The molecule has 0 spiro atoms. The maximum atomic E-state index is 2.44. The fraction of sp³-hybridized carbons (Fsp3) is 0.143. The molecule has 0 radical (unpaired) electrons. The van der Waals surface area contributed by atoms with E-state index in [1.807, 2.05) is 0 Å². The molecule has 108 valence electrons.